The molecule has 5 nitrogen and oxygen atoms in total. The van der Waals surface area contributed by atoms with Gasteiger partial charge in [0.2, 0.25) is 0 Å². The Hall–Kier alpha value is -2.63. The van der Waals surface area contributed by atoms with Gasteiger partial charge < -0.3 is 5.32 Å². The van der Waals surface area contributed by atoms with Crippen molar-refractivity contribution in [2.75, 3.05) is 19.6 Å². The van der Waals surface area contributed by atoms with Crippen LogP contribution in [0, 0.1) is 13.8 Å². The third-order valence-corrected chi connectivity index (χ3v) is 6.15. The number of carbonyl (C=O) groups is 1. The summed E-state index contributed by atoms with van der Waals surface area (Å²) in [7, 11) is 0. The standard InChI is InChI=1S/C25H31ClN4O/c1-5-29(6-2)23(20-12-8-7-9-13-20)16-27-25(31)24-18(3)28-30(19(24)4)17-21-14-10-11-15-22(21)26/h7-15,23H,5-6,16-17H2,1-4H3,(H,27,31)/t23-/m0/s1. The molecule has 1 amide bonds. The Morgan fingerprint density at radius 2 is 1.71 bits per heavy atom. The van der Waals surface area contributed by atoms with Gasteiger partial charge in [-0.3, -0.25) is 14.4 Å². The number of amides is 1. The molecule has 0 aliphatic rings. The molecule has 1 atom stereocenters. The molecular weight excluding hydrogens is 408 g/mol. The fourth-order valence-electron chi connectivity index (χ4n) is 4.04. The fraction of sp³-hybridized carbons (Fsp3) is 0.360. The summed E-state index contributed by atoms with van der Waals surface area (Å²) < 4.78 is 1.85. The highest BCUT2D eigenvalue weighted by Crippen LogP contribution is 2.22. The zero-order chi connectivity index (χ0) is 22.4. The molecule has 0 spiro atoms. The van der Waals surface area contributed by atoms with E-state index in [1.165, 1.54) is 5.56 Å². The van der Waals surface area contributed by atoms with E-state index in [1.54, 1.807) is 0 Å². The number of aryl methyl sites for hydroxylation is 1. The number of carbonyl (C=O) groups excluding carboxylic acids is 1. The van der Waals surface area contributed by atoms with Gasteiger partial charge in [0, 0.05) is 17.3 Å². The van der Waals surface area contributed by atoms with Gasteiger partial charge in [-0.05, 0) is 44.1 Å². The average molecular weight is 439 g/mol. The number of likely N-dealkylation sites (N-methyl/N-ethyl adjacent to an activating group) is 1. The van der Waals surface area contributed by atoms with Gasteiger partial charge in [0.25, 0.3) is 5.91 Å². The van der Waals surface area contributed by atoms with Gasteiger partial charge in [-0.25, -0.2) is 0 Å². The predicted octanol–water partition coefficient (Wildman–Crippen LogP) is 5.01. The lowest BCUT2D eigenvalue weighted by Crippen LogP contribution is -2.38. The second-order valence-corrected chi connectivity index (χ2v) is 8.06. The van der Waals surface area contributed by atoms with Crippen LogP contribution in [0.4, 0.5) is 0 Å². The van der Waals surface area contributed by atoms with Crippen molar-refractivity contribution in [1.82, 2.24) is 20.0 Å². The minimum absolute atomic E-state index is 0.0894. The second kappa shape index (κ2) is 10.6. The lowest BCUT2D eigenvalue weighted by Gasteiger charge is -2.30. The van der Waals surface area contributed by atoms with Crippen LogP contribution in [0.1, 0.15) is 52.8 Å². The van der Waals surface area contributed by atoms with Crippen LogP contribution in [-0.2, 0) is 6.54 Å². The first-order valence-electron chi connectivity index (χ1n) is 10.8. The van der Waals surface area contributed by atoms with E-state index >= 15 is 0 Å². The lowest BCUT2D eigenvalue weighted by molar-refractivity contribution is 0.0933. The zero-order valence-corrected chi connectivity index (χ0v) is 19.5. The molecule has 0 saturated heterocycles. The average Bonchev–Trinajstić information content (AvgIpc) is 3.06. The number of rotatable bonds is 9. The highest BCUT2D eigenvalue weighted by Gasteiger charge is 2.22. The van der Waals surface area contributed by atoms with Crippen molar-refractivity contribution in [2.45, 2.75) is 40.3 Å². The topological polar surface area (TPSA) is 50.2 Å². The van der Waals surface area contributed by atoms with Gasteiger partial charge in [0.1, 0.15) is 0 Å². The summed E-state index contributed by atoms with van der Waals surface area (Å²) in [6.45, 7) is 11.0. The van der Waals surface area contributed by atoms with Gasteiger partial charge in [-0.1, -0.05) is 74.0 Å². The van der Waals surface area contributed by atoms with E-state index in [4.69, 9.17) is 11.6 Å². The smallest absolute Gasteiger partial charge is 0.255 e. The molecule has 1 heterocycles. The van der Waals surface area contributed by atoms with Gasteiger partial charge in [-0.15, -0.1) is 0 Å². The van der Waals surface area contributed by atoms with Crippen LogP contribution in [0.15, 0.2) is 54.6 Å². The third-order valence-electron chi connectivity index (χ3n) is 5.78. The Bertz CT molecular complexity index is 1010. The first-order chi connectivity index (χ1) is 15.0. The normalized spacial score (nSPS) is 12.2. The van der Waals surface area contributed by atoms with Crippen molar-refractivity contribution < 1.29 is 4.79 Å². The van der Waals surface area contributed by atoms with Crippen LogP contribution >= 0.6 is 11.6 Å². The highest BCUT2D eigenvalue weighted by molar-refractivity contribution is 6.31. The van der Waals surface area contributed by atoms with Gasteiger partial charge >= 0.3 is 0 Å². The molecule has 164 valence electrons. The number of benzene rings is 2. The minimum Gasteiger partial charge on any atom is -0.350 e. The summed E-state index contributed by atoms with van der Waals surface area (Å²) in [6, 6.07) is 18.2. The monoisotopic (exact) mass is 438 g/mol. The zero-order valence-electron chi connectivity index (χ0n) is 18.7. The number of halogens is 1. The van der Waals surface area contributed by atoms with Crippen LogP contribution in [0.3, 0.4) is 0 Å². The molecular formula is C25H31ClN4O. The number of hydrogen-bond acceptors (Lipinski definition) is 3. The molecule has 0 radical (unpaired) electrons. The van der Waals surface area contributed by atoms with Gasteiger partial charge in [-0.2, -0.15) is 5.10 Å². The summed E-state index contributed by atoms with van der Waals surface area (Å²) in [6.07, 6.45) is 0. The molecule has 0 unspecified atom stereocenters. The van der Waals surface area contributed by atoms with E-state index in [1.807, 2.05) is 61.0 Å². The van der Waals surface area contributed by atoms with Gasteiger partial charge in [0.15, 0.2) is 0 Å². The van der Waals surface area contributed by atoms with Crippen LogP contribution < -0.4 is 5.32 Å². The van der Waals surface area contributed by atoms with Crippen molar-refractivity contribution >= 4 is 17.5 Å². The summed E-state index contributed by atoms with van der Waals surface area (Å²) in [5.41, 5.74) is 4.38. The Kier molecular flexibility index (Phi) is 7.88. The molecule has 0 bridgehead atoms. The Labute approximate surface area is 190 Å². The summed E-state index contributed by atoms with van der Waals surface area (Å²) >= 11 is 6.31. The molecule has 0 aliphatic heterocycles. The molecule has 3 rings (SSSR count). The SMILES string of the molecule is CCN(CC)[C@@H](CNC(=O)c1c(C)nn(Cc2ccccc2Cl)c1C)c1ccccc1. The lowest BCUT2D eigenvalue weighted by atomic mass is 10.0. The molecule has 1 aromatic heterocycles. The predicted molar refractivity (Wildman–Crippen MR) is 127 cm³/mol. The Morgan fingerprint density at radius 1 is 1.06 bits per heavy atom. The molecule has 0 fully saturated rings. The molecule has 0 saturated carbocycles. The van der Waals surface area contributed by atoms with Crippen molar-refractivity contribution in [2.24, 2.45) is 0 Å². The van der Waals surface area contributed by atoms with E-state index in [0.29, 0.717) is 23.7 Å². The fourth-order valence-corrected chi connectivity index (χ4v) is 4.24. The van der Waals surface area contributed by atoms with Crippen molar-refractivity contribution in [3.05, 3.63) is 87.7 Å². The number of aromatic nitrogens is 2. The van der Waals surface area contributed by atoms with E-state index in [2.05, 4.69) is 41.3 Å². The summed E-state index contributed by atoms with van der Waals surface area (Å²) in [4.78, 5) is 15.5. The Morgan fingerprint density at radius 3 is 2.35 bits per heavy atom. The number of nitrogens with zero attached hydrogens (tertiary/aromatic N) is 3. The van der Waals surface area contributed by atoms with E-state index in [0.717, 1.165) is 30.0 Å². The first-order valence-corrected chi connectivity index (χ1v) is 11.2. The maximum atomic E-state index is 13.1. The number of hydrogen-bond donors (Lipinski definition) is 1. The molecule has 6 heteroatoms. The van der Waals surface area contributed by atoms with Crippen molar-refractivity contribution in [3.63, 3.8) is 0 Å². The molecule has 0 aliphatic carbocycles. The highest BCUT2D eigenvalue weighted by atomic mass is 35.5. The largest absolute Gasteiger partial charge is 0.350 e. The molecule has 1 N–H and O–H groups in total. The summed E-state index contributed by atoms with van der Waals surface area (Å²) in [5.74, 6) is -0.0894. The van der Waals surface area contributed by atoms with Crippen molar-refractivity contribution in [1.29, 1.82) is 0 Å². The first kappa shape index (κ1) is 23.0. The molecule has 3 aromatic rings. The van der Waals surface area contributed by atoms with E-state index in [-0.39, 0.29) is 11.9 Å². The van der Waals surface area contributed by atoms with Crippen LogP contribution in [-0.4, -0.2) is 40.2 Å². The molecule has 2 aromatic carbocycles. The number of nitrogens with one attached hydrogen (secondary N) is 1. The third kappa shape index (κ3) is 5.35. The Balaban J connectivity index is 1.78. The van der Waals surface area contributed by atoms with E-state index in [9.17, 15) is 4.79 Å². The quantitative estimate of drug-likeness (QED) is 0.510. The van der Waals surface area contributed by atoms with Crippen LogP contribution in [0.25, 0.3) is 0 Å². The van der Waals surface area contributed by atoms with Crippen LogP contribution in [0.2, 0.25) is 5.02 Å². The summed E-state index contributed by atoms with van der Waals surface area (Å²) in [5, 5.41) is 8.46. The van der Waals surface area contributed by atoms with E-state index < -0.39 is 0 Å². The van der Waals surface area contributed by atoms with Crippen molar-refractivity contribution in [3.8, 4) is 0 Å². The second-order valence-electron chi connectivity index (χ2n) is 7.65. The molecule has 31 heavy (non-hydrogen) atoms. The minimum atomic E-state index is -0.0894. The maximum absolute atomic E-state index is 13.1. The maximum Gasteiger partial charge on any atom is 0.255 e. The van der Waals surface area contributed by atoms with Gasteiger partial charge in [0.05, 0.1) is 23.8 Å². The van der Waals surface area contributed by atoms with Crippen LogP contribution in [0.5, 0.6) is 0 Å².